The van der Waals surface area contributed by atoms with Gasteiger partial charge in [0.15, 0.2) is 0 Å². The minimum atomic E-state index is -1.03. The smallest absolute Gasteiger partial charge is 0.313 e. The number of halogens is 2. The molecular formula is C9H13F2N3. The molecular weight excluding hydrogens is 188 g/mol. The molecule has 0 aliphatic rings. The molecule has 78 valence electrons. The molecule has 1 aromatic heterocycles. The first-order valence-corrected chi connectivity index (χ1v) is 4.51. The lowest BCUT2D eigenvalue weighted by atomic mass is 10.3. The Labute approximate surface area is 81.8 Å². The number of rotatable bonds is 3. The van der Waals surface area contributed by atoms with Gasteiger partial charge < -0.3 is 4.90 Å². The zero-order valence-corrected chi connectivity index (χ0v) is 8.46. The molecule has 0 amide bonds. The molecule has 1 rings (SSSR count). The summed E-state index contributed by atoms with van der Waals surface area (Å²) < 4.78 is 25.5. The van der Waals surface area contributed by atoms with Gasteiger partial charge in [-0.3, -0.25) is 0 Å². The van der Waals surface area contributed by atoms with Crippen LogP contribution in [0.5, 0.6) is 0 Å². The van der Waals surface area contributed by atoms with E-state index >= 15 is 0 Å². The Kier molecular flexibility index (Phi) is 3.33. The van der Waals surface area contributed by atoms with Gasteiger partial charge in [-0.2, -0.15) is 18.7 Å². The Morgan fingerprint density at radius 1 is 1.36 bits per heavy atom. The van der Waals surface area contributed by atoms with Crippen molar-refractivity contribution in [3.05, 3.63) is 18.1 Å². The summed E-state index contributed by atoms with van der Waals surface area (Å²) in [7, 11) is 0. The standard InChI is InChI=1S/C9H13F2N3/c1-4-14(6(2)3)8-5-7(10)12-9(11)13-8/h5-6H,4H2,1-3H3. The molecule has 0 atom stereocenters. The second-order valence-electron chi connectivity index (χ2n) is 3.20. The highest BCUT2D eigenvalue weighted by Gasteiger charge is 2.12. The van der Waals surface area contributed by atoms with Gasteiger partial charge in [0.1, 0.15) is 5.82 Å². The van der Waals surface area contributed by atoms with Gasteiger partial charge in [-0.15, -0.1) is 0 Å². The molecule has 0 spiro atoms. The van der Waals surface area contributed by atoms with Crippen LogP contribution in [0, 0.1) is 12.0 Å². The van der Waals surface area contributed by atoms with E-state index in [1.54, 1.807) is 4.90 Å². The first-order valence-electron chi connectivity index (χ1n) is 4.51. The van der Waals surface area contributed by atoms with Crippen molar-refractivity contribution in [3.8, 4) is 0 Å². The molecule has 0 radical (unpaired) electrons. The highest BCUT2D eigenvalue weighted by atomic mass is 19.1. The highest BCUT2D eigenvalue weighted by molar-refractivity contribution is 5.37. The third-order valence-electron chi connectivity index (χ3n) is 1.91. The molecule has 0 N–H and O–H groups in total. The van der Waals surface area contributed by atoms with Gasteiger partial charge in [-0.1, -0.05) is 0 Å². The molecule has 3 nitrogen and oxygen atoms in total. The SMILES string of the molecule is CCN(c1cc(F)nc(F)n1)C(C)C. The topological polar surface area (TPSA) is 29.0 Å². The van der Waals surface area contributed by atoms with Crippen LogP contribution < -0.4 is 4.90 Å². The zero-order chi connectivity index (χ0) is 10.7. The third kappa shape index (κ3) is 2.37. The average molecular weight is 201 g/mol. The van der Waals surface area contributed by atoms with Gasteiger partial charge in [0.2, 0.25) is 5.95 Å². The number of hydrogen-bond acceptors (Lipinski definition) is 3. The van der Waals surface area contributed by atoms with Crippen molar-refractivity contribution in [2.75, 3.05) is 11.4 Å². The van der Waals surface area contributed by atoms with Crippen LogP contribution in [0.2, 0.25) is 0 Å². The predicted molar refractivity (Wildman–Crippen MR) is 50.1 cm³/mol. The van der Waals surface area contributed by atoms with Crippen LogP contribution in [0.4, 0.5) is 14.6 Å². The van der Waals surface area contributed by atoms with Crippen LogP contribution in [-0.4, -0.2) is 22.6 Å². The number of nitrogens with zero attached hydrogens (tertiary/aromatic N) is 3. The first-order chi connectivity index (χ1) is 6.54. The third-order valence-corrected chi connectivity index (χ3v) is 1.91. The van der Waals surface area contributed by atoms with Gasteiger partial charge >= 0.3 is 6.08 Å². The van der Waals surface area contributed by atoms with E-state index in [2.05, 4.69) is 9.97 Å². The summed E-state index contributed by atoms with van der Waals surface area (Å²) >= 11 is 0. The summed E-state index contributed by atoms with van der Waals surface area (Å²) in [5.74, 6) is -0.556. The molecule has 0 unspecified atom stereocenters. The molecule has 0 bridgehead atoms. The van der Waals surface area contributed by atoms with Crippen LogP contribution in [0.25, 0.3) is 0 Å². The lowest BCUT2D eigenvalue weighted by Crippen LogP contribution is -2.31. The van der Waals surface area contributed by atoms with Crippen LogP contribution in [-0.2, 0) is 0 Å². The lowest BCUT2D eigenvalue weighted by molar-refractivity contribution is 0.479. The van der Waals surface area contributed by atoms with Gasteiger partial charge in [-0.25, -0.2) is 0 Å². The minimum absolute atomic E-state index is 0.147. The molecule has 0 saturated carbocycles. The Balaban J connectivity index is 3.04. The fourth-order valence-corrected chi connectivity index (χ4v) is 1.32. The maximum Gasteiger partial charge on any atom is 0.313 e. The Hall–Kier alpha value is -1.26. The largest absolute Gasteiger partial charge is 0.354 e. The van der Waals surface area contributed by atoms with Crippen molar-refractivity contribution in [2.24, 2.45) is 0 Å². The van der Waals surface area contributed by atoms with Gasteiger partial charge in [0.05, 0.1) is 0 Å². The second kappa shape index (κ2) is 4.30. The molecule has 0 aromatic carbocycles. The number of aromatic nitrogens is 2. The summed E-state index contributed by atoms with van der Waals surface area (Å²) in [4.78, 5) is 8.26. The first kappa shape index (κ1) is 10.8. The minimum Gasteiger partial charge on any atom is -0.354 e. The van der Waals surface area contributed by atoms with E-state index in [9.17, 15) is 8.78 Å². The molecule has 1 heterocycles. The van der Waals surface area contributed by atoms with Crippen molar-refractivity contribution in [3.63, 3.8) is 0 Å². The summed E-state index contributed by atoms with van der Waals surface area (Å²) in [5.41, 5.74) is 0. The van der Waals surface area contributed by atoms with Crippen molar-refractivity contribution in [1.82, 2.24) is 9.97 Å². The van der Waals surface area contributed by atoms with Crippen molar-refractivity contribution >= 4 is 5.82 Å². The second-order valence-corrected chi connectivity index (χ2v) is 3.20. The maximum absolute atomic E-state index is 12.8. The summed E-state index contributed by atoms with van der Waals surface area (Å²) in [6.45, 7) is 6.41. The van der Waals surface area contributed by atoms with Gasteiger partial charge in [-0.05, 0) is 20.8 Å². The number of anilines is 1. The van der Waals surface area contributed by atoms with E-state index in [4.69, 9.17) is 0 Å². The summed E-state index contributed by atoms with van der Waals surface area (Å²) in [6.07, 6.45) is -1.03. The van der Waals surface area contributed by atoms with Crippen LogP contribution in [0.15, 0.2) is 6.07 Å². The van der Waals surface area contributed by atoms with Crippen molar-refractivity contribution in [1.29, 1.82) is 0 Å². The summed E-state index contributed by atoms with van der Waals surface area (Å²) in [5, 5.41) is 0. The summed E-state index contributed by atoms with van der Waals surface area (Å²) in [6, 6.07) is 1.28. The van der Waals surface area contributed by atoms with Gasteiger partial charge in [0, 0.05) is 18.7 Å². The molecule has 1 aromatic rings. The molecule has 0 saturated heterocycles. The molecule has 0 aliphatic carbocycles. The van der Waals surface area contributed by atoms with Crippen LogP contribution in [0.3, 0.4) is 0 Å². The fraction of sp³-hybridized carbons (Fsp3) is 0.556. The highest BCUT2D eigenvalue weighted by Crippen LogP contribution is 2.14. The van der Waals surface area contributed by atoms with Gasteiger partial charge in [0.25, 0.3) is 0 Å². The Bertz CT molecular complexity index is 295. The predicted octanol–water partition coefficient (Wildman–Crippen LogP) is 1.99. The molecule has 5 heteroatoms. The van der Waals surface area contributed by atoms with Crippen molar-refractivity contribution in [2.45, 2.75) is 26.8 Å². The Morgan fingerprint density at radius 2 is 2.00 bits per heavy atom. The van der Waals surface area contributed by atoms with E-state index < -0.39 is 12.0 Å². The maximum atomic E-state index is 12.8. The van der Waals surface area contributed by atoms with E-state index in [1.165, 1.54) is 0 Å². The quantitative estimate of drug-likeness (QED) is 0.553. The molecule has 0 aliphatic heterocycles. The zero-order valence-electron chi connectivity index (χ0n) is 8.46. The monoisotopic (exact) mass is 201 g/mol. The van der Waals surface area contributed by atoms with E-state index in [0.29, 0.717) is 6.54 Å². The fourth-order valence-electron chi connectivity index (χ4n) is 1.32. The lowest BCUT2D eigenvalue weighted by Gasteiger charge is -2.25. The van der Waals surface area contributed by atoms with E-state index in [0.717, 1.165) is 6.07 Å². The normalized spacial score (nSPS) is 10.7. The molecule has 0 fully saturated rings. The average Bonchev–Trinajstić information content (AvgIpc) is 2.02. The van der Waals surface area contributed by atoms with Crippen LogP contribution >= 0.6 is 0 Å². The van der Waals surface area contributed by atoms with Crippen LogP contribution in [0.1, 0.15) is 20.8 Å². The molecule has 14 heavy (non-hydrogen) atoms. The van der Waals surface area contributed by atoms with E-state index in [-0.39, 0.29) is 11.9 Å². The number of hydrogen-bond donors (Lipinski definition) is 0. The Morgan fingerprint density at radius 3 is 2.43 bits per heavy atom. The van der Waals surface area contributed by atoms with E-state index in [1.807, 2.05) is 20.8 Å². The van der Waals surface area contributed by atoms with Crippen molar-refractivity contribution < 1.29 is 8.78 Å².